The number of carbonyl (C=O) groups excluding carboxylic acids is 2. The van der Waals surface area contributed by atoms with Crippen LogP contribution in [0.2, 0.25) is 5.02 Å². The van der Waals surface area contributed by atoms with Gasteiger partial charge in [0.1, 0.15) is 12.6 Å². The van der Waals surface area contributed by atoms with E-state index in [0.717, 1.165) is 19.9 Å². The van der Waals surface area contributed by atoms with Gasteiger partial charge in [-0.2, -0.15) is 0 Å². The minimum absolute atomic E-state index is 0.0116. The molecule has 44 heavy (non-hydrogen) atoms. The Morgan fingerprint density at radius 1 is 0.841 bits per heavy atom. The van der Waals surface area contributed by atoms with Crippen molar-refractivity contribution in [3.05, 3.63) is 130 Å². The van der Waals surface area contributed by atoms with E-state index in [1.807, 2.05) is 75.4 Å². The maximum absolute atomic E-state index is 14.5. The smallest absolute Gasteiger partial charge is 0.264 e. The SMILES string of the molecule is CC(C)(C)NC(=O)[C@@H](Cc1ccccc1)N(Cc1cccc(Br)c1)C(=O)CN(c1ccccc1Cl)S(=O)(=O)c1ccccc1. The van der Waals surface area contributed by atoms with Crippen LogP contribution in [0.5, 0.6) is 0 Å². The van der Waals surface area contributed by atoms with Gasteiger partial charge < -0.3 is 10.2 Å². The van der Waals surface area contributed by atoms with Crippen LogP contribution in [-0.4, -0.2) is 43.3 Å². The molecule has 4 aromatic rings. The lowest BCUT2D eigenvalue weighted by molar-refractivity contribution is -0.140. The predicted molar refractivity (Wildman–Crippen MR) is 179 cm³/mol. The number of rotatable bonds is 11. The van der Waals surface area contributed by atoms with Crippen molar-refractivity contribution >= 4 is 55.1 Å². The van der Waals surface area contributed by atoms with E-state index in [1.54, 1.807) is 42.5 Å². The zero-order valence-electron chi connectivity index (χ0n) is 24.8. The second kappa shape index (κ2) is 14.4. The van der Waals surface area contributed by atoms with Crippen LogP contribution in [0.25, 0.3) is 0 Å². The summed E-state index contributed by atoms with van der Waals surface area (Å²) in [6.45, 7) is 5.10. The maximum atomic E-state index is 14.5. The minimum Gasteiger partial charge on any atom is -0.350 e. The van der Waals surface area contributed by atoms with Crippen molar-refractivity contribution < 1.29 is 18.0 Å². The van der Waals surface area contributed by atoms with E-state index in [-0.39, 0.29) is 34.5 Å². The standard InChI is InChI=1S/C34H35BrClN3O4S/c1-34(2,3)37-33(41)31(22-25-13-6-4-7-14-25)38(23-26-15-12-16-27(35)21-26)32(40)24-39(30-20-11-10-19-29(30)36)44(42,43)28-17-8-5-9-18-28/h4-21,31H,22-24H2,1-3H3,(H,37,41)/t31-/m1/s1. The molecule has 0 aliphatic rings. The number of hydrogen-bond donors (Lipinski definition) is 1. The Hall–Kier alpha value is -3.66. The molecule has 0 spiro atoms. The summed E-state index contributed by atoms with van der Waals surface area (Å²) >= 11 is 10.0. The molecule has 0 bridgehead atoms. The van der Waals surface area contributed by atoms with Crippen LogP contribution in [0.4, 0.5) is 5.69 Å². The van der Waals surface area contributed by atoms with Crippen molar-refractivity contribution in [3.8, 4) is 0 Å². The van der Waals surface area contributed by atoms with Crippen molar-refractivity contribution in [2.24, 2.45) is 0 Å². The van der Waals surface area contributed by atoms with Crippen LogP contribution in [0.1, 0.15) is 31.9 Å². The molecule has 4 rings (SSSR count). The van der Waals surface area contributed by atoms with E-state index >= 15 is 0 Å². The normalized spacial score (nSPS) is 12.3. The Labute approximate surface area is 273 Å². The Bertz CT molecular complexity index is 1700. The van der Waals surface area contributed by atoms with Gasteiger partial charge >= 0.3 is 0 Å². The summed E-state index contributed by atoms with van der Waals surface area (Å²) in [7, 11) is -4.23. The van der Waals surface area contributed by atoms with Gasteiger partial charge in [0, 0.05) is 23.0 Å². The lowest BCUT2D eigenvalue weighted by Gasteiger charge is -2.35. The molecule has 0 radical (unpaired) electrons. The molecule has 0 fully saturated rings. The Balaban J connectivity index is 1.82. The monoisotopic (exact) mass is 695 g/mol. The number of amides is 2. The first kappa shape index (κ1) is 33.2. The van der Waals surface area contributed by atoms with Crippen LogP contribution in [0.3, 0.4) is 0 Å². The molecule has 2 amide bonds. The molecule has 0 aliphatic heterocycles. The number of halogens is 2. The summed E-state index contributed by atoms with van der Waals surface area (Å²) in [6, 6.07) is 30.3. The molecule has 0 saturated carbocycles. The van der Waals surface area contributed by atoms with Crippen LogP contribution in [0, 0.1) is 0 Å². The van der Waals surface area contributed by atoms with E-state index in [9.17, 15) is 18.0 Å². The van der Waals surface area contributed by atoms with Gasteiger partial charge in [-0.1, -0.05) is 100 Å². The third-order valence-electron chi connectivity index (χ3n) is 6.74. The molecular weight excluding hydrogens is 662 g/mol. The minimum atomic E-state index is -4.23. The number of nitrogens with zero attached hydrogens (tertiary/aromatic N) is 2. The molecule has 0 heterocycles. The lowest BCUT2D eigenvalue weighted by atomic mass is 10.0. The van der Waals surface area contributed by atoms with Crippen molar-refractivity contribution in [1.82, 2.24) is 10.2 Å². The summed E-state index contributed by atoms with van der Waals surface area (Å²) in [4.78, 5) is 29.9. The fraction of sp³-hybridized carbons (Fsp3) is 0.235. The largest absolute Gasteiger partial charge is 0.350 e. The molecule has 4 aromatic carbocycles. The van der Waals surface area contributed by atoms with Gasteiger partial charge in [-0.15, -0.1) is 0 Å². The highest BCUT2D eigenvalue weighted by Gasteiger charge is 2.36. The topological polar surface area (TPSA) is 86.8 Å². The number of benzene rings is 4. The summed E-state index contributed by atoms with van der Waals surface area (Å²) in [5.41, 5.74) is 1.21. The first-order valence-electron chi connectivity index (χ1n) is 14.1. The van der Waals surface area contributed by atoms with Gasteiger partial charge in [0.2, 0.25) is 11.8 Å². The fourth-order valence-electron chi connectivity index (χ4n) is 4.73. The third kappa shape index (κ3) is 8.71. The van der Waals surface area contributed by atoms with E-state index < -0.39 is 34.1 Å². The van der Waals surface area contributed by atoms with Crippen LogP contribution < -0.4 is 9.62 Å². The summed E-state index contributed by atoms with van der Waals surface area (Å²) < 4.78 is 29.9. The zero-order chi connectivity index (χ0) is 31.9. The summed E-state index contributed by atoms with van der Waals surface area (Å²) in [5, 5.41) is 3.20. The number of nitrogens with one attached hydrogen (secondary N) is 1. The quantitative estimate of drug-likeness (QED) is 0.186. The summed E-state index contributed by atoms with van der Waals surface area (Å²) in [5.74, 6) is -0.908. The van der Waals surface area contributed by atoms with Gasteiger partial charge in [-0.25, -0.2) is 8.42 Å². The van der Waals surface area contributed by atoms with Gasteiger partial charge in [0.05, 0.1) is 15.6 Å². The number of anilines is 1. The second-order valence-corrected chi connectivity index (χ2v) is 14.6. The van der Waals surface area contributed by atoms with Crippen LogP contribution in [-0.2, 0) is 32.6 Å². The van der Waals surface area contributed by atoms with Gasteiger partial charge in [-0.05, 0) is 68.3 Å². The van der Waals surface area contributed by atoms with Crippen molar-refractivity contribution in [1.29, 1.82) is 0 Å². The third-order valence-corrected chi connectivity index (χ3v) is 9.33. The zero-order valence-corrected chi connectivity index (χ0v) is 27.9. The molecule has 0 saturated heterocycles. The van der Waals surface area contributed by atoms with E-state index in [2.05, 4.69) is 21.2 Å². The molecule has 1 N–H and O–H groups in total. The molecular formula is C34H35BrClN3O4S. The maximum Gasteiger partial charge on any atom is 0.264 e. The van der Waals surface area contributed by atoms with Crippen molar-refractivity contribution in [2.75, 3.05) is 10.8 Å². The van der Waals surface area contributed by atoms with Gasteiger partial charge in [0.25, 0.3) is 10.0 Å². The molecule has 0 unspecified atom stereocenters. The first-order chi connectivity index (χ1) is 20.8. The van der Waals surface area contributed by atoms with Crippen LogP contribution >= 0.6 is 27.5 Å². The van der Waals surface area contributed by atoms with Gasteiger partial charge in [0.15, 0.2) is 0 Å². The Kier molecular flexibility index (Phi) is 10.9. The molecule has 1 atom stereocenters. The number of hydrogen-bond acceptors (Lipinski definition) is 4. The molecule has 0 aliphatic carbocycles. The summed E-state index contributed by atoms with van der Waals surface area (Å²) in [6.07, 6.45) is 0.222. The van der Waals surface area contributed by atoms with Crippen molar-refractivity contribution in [2.45, 2.75) is 50.2 Å². The lowest BCUT2D eigenvalue weighted by Crippen LogP contribution is -2.56. The molecule has 230 valence electrons. The van der Waals surface area contributed by atoms with E-state index in [4.69, 9.17) is 11.6 Å². The van der Waals surface area contributed by atoms with Crippen molar-refractivity contribution in [3.63, 3.8) is 0 Å². The van der Waals surface area contributed by atoms with Crippen LogP contribution in [0.15, 0.2) is 119 Å². The fourth-order valence-corrected chi connectivity index (χ4v) is 6.91. The highest BCUT2D eigenvalue weighted by molar-refractivity contribution is 9.10. The number of carbonyl (C=O) groups is 2. The highest BCUT2D eigenvalue weighted by Crippen LogP contribution is 2.31. The number of sulfonamides is 1. The van der Waals surface area contributed by atoms with Gasteiger partial charge in [-0.3, -0.25) is 13.9 Å². The van der Waals surface area contributed by atoms with E-state index in [0.29, 0.717) is 0 Å². The Morgan fingerprint density at radius 2 is 1.43 bits per heavy atom. The second-order valence-electron chi connectivity index (χ2n) is 11.4. The molecule has 7 nitrogen and oxygen atoms in total. The molecule has 10 heteroatoms. The average Bonchev–Trinajstić information content (AvgIpc) is 2.98. The highest BCUT2D eigenvalue weighted by atomic mass is 79.9. The molecule has 0 aromatic heterocycles. The predicted octanol–water partition coefficient (Wildman–Crippen LogP) is 6.85. The Morgan fingerprint density at radius 3 is 2.05 bits per heavy atom. The van der Waals surface area contributed by atoms with E-state index in [1.165, 1.54) is 17.0 Å². The first-order valence-corrected chi connectivity index (χ1v) is 16.7. The average molecular weight is 697 g/mol. The number of para-hydroxylation sites is 1.